The van der Waals surface area contributed by atoms with Gasteiger partial charge in [-0.1, -0.05) is 76.6 Å². The number of halogens is 1. The van der Waals surface area contributed by atoms with Crippen LogP contribution in [0.5, 0.6) is 0 Å². The number of carboxylic acids is 1. The van der Waals surface area contributed by atoms with Crippen LogP contribution in [-0.2, 0) is 16.0 Å². The van der Waals surface area contributed by atoms with Gasteiger partial charge in [-0.05, 0) is 46.5 Å². The molecule has 0 aliphatic heterocycles. The zero-order valence-electron chi connectivity index (χ0n) is 18.6. The van der Waals surface area contributed by atoms with Gasteiger partial charge in [0.25, 0.3) is 0 Å². The third kappa shape index (κ3) is 4.86. The lowest BCUT2D eigenvalue weighted by Gasteiger charge is -2.17. The van der Waals surface area contributed by atoms with Crippen molar-refractivity contribution < 1.29 is 23.8 Å². The molecule has 6 nitrogen and oxygen atoms in total. The van der Waals surface area contributed by atoms with Crippen molar-refractivity contribution in [3.05, 3.63) is 106 Å². The maximum absolute atomic E-state index is 12.6. The van der Waals surface area contributed by atoms with Gasteiger partial charge < -0.3 is 19.6 Å². The standard InChI is InChI=1S/C28H22BrNO5/c29-18-11-9-17(10-12-18)26-14-13-19(35-26)15-25(27(31)32)30-28(33)34-16-24-22-7-3-1-5-20(22)21-6-2-4-8-23(21)24/h1-14,24-25H,15-16H2,(H,30,33)(H,31,32). The number of hydrogen-bond acceptors (Lipinski definition) is 4. The van der Waals surface area contributed by atoms with E-state index < -0.39 is 18.1 Å². The summed E-state index contributed by atoms with van der Waals surface area (Å²) in [6, 6.07) is 26.0. The highest BCUT2D eigenvalue weighted by molar-refractivity contribution is 9.10. The van der Waals surface area contributed by atoms with Crippen molar-refractivity contribution in [3.63, 3.8) is 0 Å². The molecule has 1 aromatic heterocycles. The second-order valence-electron chi connectivity index (χ2n) is 8.34. The molecular formula is C28H22BrNO5. The van der Waals surface area contributed by atoms with Crippen molar-refractivity contribution in [1.82, 2.24) is 5.32 Å². The summed E-state index contributed by atoms with van der Waals surface area (Å²) in [7, 11) is 0. The van der Waals surface area contributed by atoms with Gasteiger partial charge in [0.1, 0.15) is 24.2 Å². The summed E-state index contributed by atoms with van der Waals surface area (Å²) < 4.78 is 12.3. The fraction of sp³-hybridized carbons (Fsp3) is 0.143. The number of ether oxygens (including phenoxy) is 1. The Hall–Kier alpha value is -3.84. The summed E-state index contributed by atoms with van der Waals surface area (Å²) in [5.41, 5.74) is 5.30. The Morgan fingerprint density at radius 3 is 2.17 bits per heavy atom. The quantitative estimate of drug-likeness (QED) is 0.294. The van der Waals surface area contributed by atoms with E-state index in [1.807, 2.05) is 60.7 Å². The fourth-order valence-corrected chi connectivity index (χ4v) is 4.70. The molecule has 1 amide bonds. The van der Waals surface area contributed by atoms with Gasteiger partial charge in [0, 0.05) is 22.4 Å². The molecule has 1 heterocycles. The van der Waals surface area contributed by atoms with Crippen LogP contribution in [0.25, 0.3) is 22.5 Å². The Morgan fingerprint density at radius 1 is 0.914 bits per heavy atom. The fourth-order valence-electron chi connectivity index (χ4n) is 4.44. The predicted molar refractivity (Wildman–Crippen MR) is 135 cm³/mol. The minimum Gasteiger partial charge on any atom is -0.480 e. The van der Waals surface area contributed by atoms with Gasteiger partial charge in [0.2, 0.25) is 0 Å². The van der Waals surface area contributed by atoms with Crippen LogP contribution in [0.4, 0.5) is 4.79 Å². The number of furan rings is 1. The number of fused-ring (bicyclic) bond motifs is 3. The van der Waals surface area contributed by atoms with Gasteiger partial charge in [-0.2, -0.15) is 0 Å². The molecule has 7 heteroatoms. The van der Waals surface area contributed by atoms with Gasteiger partial charge in [-0.25, -0.2) is 9.59 Å². The number of carbonyl (C=O) groups excluding carboxylic acids is 1. The zero-order chi connectivity index (χ0) is 24.4. The topological polar surface area (TPSA) is 88.8 Å². The molecule has 0 bridgehead atoms. The van der Waals surface area contributed by atoms with Gasteiger partial charge in [-0.3, -0.25) is 0 Å². The van der Waals surface area contributed by atoms with Crippen LogP contribution in [0.3, 0.4) is 0 Å². The first-order chi connectivity index (χ1) is 17.0. The van der Waals surface area contributed by atoms with Gasteiger partial charge >= 0.3 is 12.1 Å². The molecular weight excluding hydrogens is 510 g/mol. The molecule has 1 unspecified atom stereocenters. The van der Waals surface area contributed by atoms with E-state index in [1.165, 1.54) is 0 Å². The van der Waals surface area contributed by atoms with Crippen molar-refractivity contribution in [2.75, 3.05) is 6.61 Å². The first-order valence-corrected chi connectivity index (χ1v) is 12.0. The highest BCUT2D eigenvalue weighted by Crippen LogP contribution is 2.44. The van der Waals surface area contributed by atoms with Crippen molar-refractivity contribution in [3.8, 4) is 22.5 Å². The third-order valence-electron chi connectivity index (χ3n) is 6.13. The van der Waals surface area contributed by atoms with Crippen molar-refractivity contribution in [2.24, 2.45) is 0 Å². The van der Waals surface area contributed by atoms with Gasteiger partial charge in [-0.15, -0.1) is 0 Å². The minimum absolute atomic E-state index is 0.00391. The molecule has 0 fully saturated rings. The van der Waals surface area contributed by atoms with E-state index in [-0.39, 0.29) is 18.9 Å². The Balaban J connectivity index is 1.23. The maximum Gasteiger partial charge on any atom is 0.407 e. The largest absolute Gasteiger partial charge is 0.480 e. The maximum atomic E-state index is 12.6. The van der Waals surface area contributed by atoms with Gasteiger partial charge in [0.05, 0.1) is 0 Å². The van der Waals surface area contributed by atoms with Crippen LogP contribution in [0.15, 0.2) is 93.8 Å². The van der Waals surface area contributed by atoms with E-state index >= 15 is 0 Å². The molecule has 4 aromatic rings. The molecule has 1 aliphatic rings. The number of carboxylic acid groups (broad SMARTS) is 1. The number of amides is 1. The monoisotopic (exact) mass is 531 g/mol. The van der Waals surface area contributed by atoms with Crippen LogP contribution >= 0.6 is 15.9 Å². The first kappa shape index (κ1) is 22.9. The molecule has 0 saturated carbocycles. The SMILES string of the molecule is O=C(NC(Cc1ccc(-c2ccc(Br)cc2)o1)C(=O)O)OCC1c2ccccc2-c2ccccc21. The summed E-state index contributed by atoms with van der Waals surface area (Å²) in [5, 5.41) is 12.1. The zero-order valence-corrected chi connectivity index (χ0v) is 20.2. The minimum atomic E-state index is -1.19. The number of hydrogen-bond donors (Lipinski definition) is 2. The summed E-state index contributed by atoms with van der Waals surface area (Å²) >= 11 is 3.40. The van der Waals surface area contributed by atoms with E-state index in [9.17, 15) is 14.7 Å². The van der Waals surface area contributed by atoms with Gasteiger partial charge in [0.15, 0.2) is 0 Å². The van der Waals surface area contributed by atoms with Crippen LogP contribution < -0.4 is 5.32 Å². The average molecular weight is 532 g/mol. The summed E-state index contributed by atoms with van der Waals surface area (Å²) in [4.78, 5) is 24.4. The summed E-state index contributed by atoms with van der Waals surface area (Å²) in [6.45, 7) is 0.112. The van der Waals surface area contributed by atoms with Crippen LogP contribution in [0.2, 0.25) is 0 Å². The van der Waals surface area contributed by atoms with E-state index in [2.05, 4.69) is 33.4 Å². The van der Waals surface area contributed by atoms with Crippen molar-refractivity contribution in [1.29, 1.82) is 0 Å². The molecule has 1 atom stereocenters. The molecule has 5 rings (SSSR count). The van der Waals surface area contributed by atoms with Crippen molar-refractivity contribution >= 4 is 28.0 Å². The smallest absolute Gasteiger partial charge is 0.407 e. The lowest BCUT2D eigenvalue weighted by Crippen LogP contribution is -2.42. The van der Waals surface area contributed by atoms with Crippen LogP contribution in [0, 0.1) is 0 Å². The number of alkyl carbamates (subject to hydrolysis) is 1. The Kier molecular flexibility index (Phi) is 6.42. The molecule has 0 spiro atoms. The third-order valence-corrected chi connectivity index (χ3v) is 6.66. The Morgan fingerprint density at radius 2 is 1.54 bits per heavy atom. The Labute approximate surface area is 210 Å². The highest BCUT2D eigenvalue weighted by Gasteiger charge is 2.30. The van der Waals surface area contributed by atoms with E-state index in [4.69, 9.17) is 9.15 Å². The number of rotatable bonds is 7. The van der Waals surface area contributed by atoms with E-state index in [0.29, 0.717) is 11.5 Å². The Bertz CT molecular complexity index is 1330. The lowest BCUT2D eigenvalue weighted by atomic mass is 9.98. The molecule has 3 aromatic carbocycles. The van der Waals surface area contributed by atoms with E-state index in [0.717, 1.165) is 32.3 Å². The van der Waals surface area contributed by atoms with E-state index in [1.54, 1.807) is 12.1 Å². The number of nitrogens with one attached hydrogen (secondary N) is 1. The van der Waals surface area contributed by atoms with Crippen molar-refractivity contribution in [2.45, 2.75) is 18.4 Å². The lowest BCUT2D eigenvalue weighted by molar-refractivity contribution is -0.139. The highest BCUT2D eigenvalue weighted by atomic mass is 79.9. The molecule has 1 aliphatic carbocycles. The normalized spacial score (nSPS) is 13.1. The second kappa shape index (κ2) is 9.80. The number of carbonyl (C=O) groups is 2. The number of aliphatic carboxylic acids is 1. The molecule has 176 valence electrons. The number of benzene rings is 3. The molecule has 0 radical (unpaired) electrons. The summed E-state index contributed by atoms with van der Waals surface area (Å²) in [6.07, 6.45) is -0.783. The van der Waals surface area contributed by atoms with Crippen LogP contribution in [-0.4, -0.2) is 29.8 Å². The molecule has 0 saturated heterocycles. The summed E-state index contributed by atoms with van der Waals surface area (Å²) in [5.74, 6) is -0.192. The molecule has 35 heavy (non-hydrogen) atoms. The average Bonchev–Trinajstić information content (AvgIpc) is 3.45. The predicted octanol–water partition coefficient (Wildman–Crippen LogP) is 6.24. The van der Waals surface area contributed by atoms with Crippen LogP contribution in [0.1, 0.15) is 22.8 Å². The second-order valence-corrected chi connectivity index (χ2v) is 9.25. The molecule has 2 N–H and O–H groups in total. The first-order valence-electron chi connectivity index (χ1n) is 11.2.